The standard InChI is InChI=1S/C6H10BrCl/c1-5(3-4-8)6(2)7/h3-4H2,1-2H3/b6-5-. The quantitative estimate of drug-likeness (QED) is 0.596. The number of alkyl halides is 1. The van der Waals surface area contributed by atoms with Crippen LogP contribution in [-0.2, 0) is 0 Å². The minimum atomic E-state index is 0.717. The van der Waals surface area contributed by atoms with Crippen molar-refractivity contribution in [2.45, 2.75) is 20.3 Å². The maximum absolute atomic E-state index is 5.49. The summed E-state index contributed by atoms with van der Waals surface area (Å²) >= 11 is 8.85. The number of hydrogen-bond donors (Lipinski definition) is 0. The van der Waals surface area contributed by atoms with E-state index in [1.54, 1.807) is 0 Å². The van der Waals surface area contributed by atoms with Crippen LogP contribution >= 0.6 is 27.5 Å². The van der Waals surface area contributed by atoms with Crippen LogP contribution < -0.4 is 0 Å². The minimum Gasteiger partial charge on any atom is -0.126 e. The summed E-state index contributed by atoms with van der Waals surface area (Å²) in [6.07, 6.45) is 0.985. The van der Waals surface area contributed by atoms with Crippen LogP contribution in [0, 0.1) is 0 Å². The summed E-state index contributed by atoms with van der Waals surface area (Å²) in [5.74, 6) is 0.717. The average Bonchev–Trinajstić information content (AvgIpc) is 1.67. The third-order valence-corrected chi connectivity index (χ3v) is 1.92. The van der Waals surface area contributed by atoms with Crippen molar-refractivity contribution in [2.75, 3.05) is 5.88 Å². The van der Waals surface area contributed by atoms with E-state index in [1.165, 1.54) is 10.1 Å². The molecule has 0 spiro atoms. The van der Waals surface area contributed by atoms with Crippen molar-refractivity contribution >= 4 is 27.5 Å². The zero-order valence-electron chi connectivity index (χ0n) is 5.17. The lowest BCUT2D eigenvalue weighted by atomic mass is 10.2. The fourth-order valence-corrected chi connectivity index (χ4v) is 0.796. The van der Waals surface area contributed by atoms with E-state index in [4.69, 9.17) is 11.6 Å². The van der Waals surface area contributed by atoms with Crippen molar-refractivity contribution in [1.29, 1.82) is 0 Å². The Balaban J connectivity index is 3.62. The predicted octanol–water partition coefficient (Wildman–Crippen LogP) is 3.30. The first-order valence-corrected chi connectivity index (χ1v) is 3.89. The number of halogens is 2. The molecule has 0 saturated carbocycles. The molecule has 0 aliphatic heterocycles. The van der Waals surface area contributed by atoms with Crippen molar-refractivity contribution < 1.29 is 0 Å². The van der Waals surface area contributed by atoms with E-state index in [1.807, 2.05) is 6.92 Å². The second kappa shape index (κ2) is 4.39. The number of allylic oxidation sites excluding steroid dienone is 2. The zero-order valence-corrected chi connectivity index (χ0v) is 7.51. The van der Waals surface area contributed by atoms with Crippen molar-refractivity contribution in [3.8, 4) is 0 Å². The fourth-order valence-electron chi connectivity index (χ4n) is 0.314. The normalized spacial score (nSPS) is 13.5. The topological polar surface area (TPSA) is 0 Å². The molecular weight excluding hydrogens is 187 g/mol. The van der Waals surface area contributed by atoms with E-state index in [0.717, 1.165) is 12.3 Å². The van der Waals surface area contributed by atoms with Crippen LogP contribution in [-0.4, -0.2) is 5.88 Å². The SMILES string of the molecule is C/C(Br)=C(\C)CCCl. The molecule has 0 heterocycles. The van der Waals surface area contributed by atoms with Gasteiger partial charge in [0, 0.05) is 5.88 Å². The largest absolute Gasteiger partial charge is 0.126 e. The summed E-state index contributed by atoms with van der Waals surface area (Å²) < 4.78 is 1.21. The molecule has 0 rings (SSSR count). The van der Waals surface area contributed by atoms with Crippen LogP contribution in [0.5, 0.6) is 0 Å². The third-order valence-electron chi connectivity index (χ3n) is 1.06. The molecule has 0 nitrogen and oxygen atoms in total. The Hall–Kier alpha value is 0.510. The molecule has 0 atom stereocenters. The van der Waals surface area contributed by atoms with E-state index in [2.05, 4.69) is 22.9 Å². The second-order valence-electron chi connectivity index (χ2n) is 1.75. The van der Waals surface area contributed by atoms with Crippen LogP contribution in [0.2, 0.25) is 0 Å². The highest BCUT2D eigenvalue weighted by atomic mass is 79.9. The molecule has 0 unspecified atom stereocenters. The van der Waals surface area contributed by atoms with Gasteiger partial charge in [0.15, 0.2) is 0 Å². The Bertz CT molecular complexity index is 92.7. The molecule has 0 aromatic carbocycles. The highest BCUT2D eigenvalue weighted by Crippen LogP contribution is 2.13. The molecule has 0 aromatic rings. The van der Waals surface area contributed by atoms with Gasteiger partial charge < -0.3 is 0 Å². The van der Waals surface area contributed by atoms with E-state index in [9.17, 15) is 0 Å². The van der Waals surface area contributed by atoms with Crippen molar-refractivity contribution in [3.63, 3.8) is 0 Å². The lowest BCUT2D eigenvalue weighted by Crippen LogP contribution is -1.78. The summed E-state index contributed by atoms with van der Waals surface area (Å²) in [5, 5.41) is 0. The highest BCUT2D eigenvalue weighted by Gasteiger charge is 1.89. The second-order valence-corrected chi connectivity index (χ2v) is 3.32. The van der Waals surface area contributed by atoms with Crippen LogP contribution in [0.15, 0.2) is 10.1 Å². The molecule has 0 aliphatic carbocycles. The molecule has 0 saturated heterocycles. The van der Waals surface area contributed by atoms with Gasteiger partial charge >= 0.3 is 0 Å². The van der Waals surface area contributed by atoms with Gasteiger partial charge in [-0.25, -0.2) is 0 Å². The molecule has 0 aliphatic rings. The molecule has 0 N–H and O–H groups in total. The van der Waals surface area contributed by atoms with E-state index < -0.39 is 0 Å². The summed E-state index contributed by atoms with van der Waals surface area (Å²) in [6, 6.07) is 0. The van der Waals surface area contributed by atoms with Gasteiger partial charge in [-0.2, -0.15) is 0 Å². The van der Waals surface area contributed by atoms with Crippen LogP contribution in [0.3, 0.4) is 0 Å². The predicted molar refractivity (Wildman–Crippen MR) is 42.6 cm³/mol. The summed E-state index contributed by atoms with van der Waals surface area (Å²) in [7, 11) is 0. The monoisotopic (exact) mass is 196 g/mol. The molecule has 8 heavy (non-hydrogen) atoms. The molecule has 48 valence electrons. The van der Waals surface area contributed by atoms with Crippen LogP contribution in [0.1, 0.15) is 20.3 Å². The van der Waals surface area contributed by atoms with Gasteiger partial charge in [0.25, 0.3) is 0 Å². The summed E-state index contributed by atoms with van der Waals surface area (Å²) in [4.78, 5) is 0. The van der Waals surface area contributed by atoms with E-state index in [0.29, 0.717) is 0 Å². The molecule has 0 aromatic heterocycles. The fraction of sp³-hybridized carbons (Fsp3) is 0.667. The Morgan fingerprint density at radius 3 is 2.12 bits per heavy atom. The van der Waals surface area contributed by atoms with Gasteiger partial charge in [0.05, 0.1) is 0 Å². The maximum Gasteiger partial charge on any atom is 0.0260 e. The highest BCUT2D eigenvalue weighted by molar-refractivity contribution is 9.11. The van der Waals surface area contributed by atoms with Gasteiger partial charge in [-0.15, -0.1) is 11.6 Å². The molecule has 0 radical (unpaired) electrons. The van der Waals surface area contributed by atoms with E-state index in [-0.39, 0.29) is 0 Å². The lowest BCUT2D eigenvalue weighted by molar-refractivity contribution is 1.10. The molecule has 0 fully saturated rings. The van der Waals surface area contributed by atoms with Gasteiger partial charge in [-0.1, -0.05) is 21.5 Å². The molecule has 0 bridgehead atoms. The van der Waals surface area contributed by atoms with Crippen molar-refractivity contribution in [1.82, 2.24) is 0 Å². The van der Waals surface area contributed by atoms with E-state index >= 15 is 0 Å². The van der Waals surface area contributed by atoms with Gasteiger partial charge in [-0.3, -0.25) is 0 Å². The van der Waals surface area contributed by atoms with Crippen molar-refractivity contribution in [3.05, 3.63) is 10.1 Å². The molecule has 2 heteroatoms. The Morgan fingerprint density at radius 2 is 2.00 bits per heavy atom. The number of rotatable bonds is 2. The van der Waals surface area contributed by atoms with Crippen LogP contribution in [0.4, 0.5) is 0 Å². The number of hydrogen-bond acceptors (Lipinski definition) is 0. The smallest absolute Gasteiger partial charge is 0.0260 e. The summed E-state index contributed by atoms with van der Waals surface area (Å²) in [5.41, 5.74) is 1.33. The molecular formula is C6H10BrCl. The first-order chi connectivity index (χ1) is 3.68. The van der Waals surface area contributed by atoms with Crippen molar-refractivity contribution in [2.24, 2.45) is 0 Å². The molecule has 0 amide bonds. The third kappa shape index (κ3) is 3.50. The van der Waals surface area contributed by atoms with Gasteiger partial charge in [-0.05, 0) is 24.8 Å². The minimum absolute atomic E-state index is 0.717. The maximum atomic E-state index is 5.49. The first-order valence-electron chi connectivity index (χ1n) is 2.56. The Labute approximate surface area is 64.0 Å². The lowest BCUT2D eigenvalue weighted by Gasteiger charge is -1.95. The van der Waals surface area contributed by atoms with Gasteiger partial charge in [0.1, 0.15) is 0 Å². The summed E-state index contributed by atoms with van der Waals surface area (Å²) in [6.45, 7) is 4.11. The van der Waals surface area contributed by atoms with Gasteiger partial charge in [0.2, 0.25) is 0 Å². The zero-order chi connectivity index (χ0) is 6.57. The first kappa shape index (κ1) is 8.51. The average molecular weight is 198 g/mol. The Kier molecular flexibility index (Phi) is 4.68. The Morgan fingerprint density at radius 1 is 1.50 bits per heavy atom. The van der Waals surface area contributed by atoms with Crippen LogP contribution in [0.25, 0.3) is 0 Å².